The maximum absolute atomic E-state index is 11.8. The van der Waals surface area contributed by atoms with Crippen LogP contribution in [0.5, 0.6) is 0 Å². The highest BCUT2D eigenvalue weighted by Gasteiger charge is 2.20. The Balaban J connectivity index is 0.000000326. The molecule has 0 radical (unpaired) electrons. The third-order valence-corrected chi connectivity index (χ3v) is 4.12. The van der Waals surface area contributed by atoms with E-state index in [0.29, 0.717) is 6.04 Å². The van der Waals surface area contributed by atoms with Crippen LogP contribution in [0, 0.1) is 10.1 Å². The minimum absolute atomic E-state index is 0.133. The molecule has 0 fully saturated rings. The van der Waals surface area contributed by atoms with Crippen LogP contribution in [0.3, 0.4) is 0 Å². The summed E-state index contributed by atoms with van der Waals surface area (Å²) < 4.78 is 0. The Hall–Kier alpha value is -3.10. The summed E-state index contributed by atoms with van der Waals surface area (Å²) in [6.07, 6.45) is 1.11. The number of carbonyl (C=O) groups is 2. The molecular formula is C21H27N3O5. The van der Waals surface area contributed by atoms with Gasteiger partial charge in [-0.25, -0.2) is 0 Å². The molecule has 0 spiro atoms. The molecule has 0 aromatic heterocycles. The van der Waals surface area contributed by atoms with Crippen molar-refractivity contribution in [3.8, 4) is 0 Å². The SMILES string of the molecule is CC(=O)NC(CO)C(=O)c1ccc([N+](=O)[O-])cc1.CN[C@@H](C)Cc1ccccc1. The van der Waals surface area contributed by atoms with Gasteiger partial charge in [-0.2, -0.15) is 0 Å². The third kappa shape index (κ3) is 8.63. The number of carbonyl (C=O) groups excluding carboxylic acids is 2. The number of nitrogens with one attached hydrogen (secondary N) is 2. The molecule has 0 heterocycles. The second kappa shape index (κ2) is 12.4. The van der Waals surface area contributed by atoms with Gasteiger partial charge in [-0.3, -0.25) is 19.7 Å². The normalized spacial score (nSPS) is 12.1. The van der Waals surface area contributed by atoms with Crippen molar-refractivity contribution in [2.75, 3.05) is 13.7 Å². The Morgan fingerprint density at radius 3 is 2.14 bits per heavy atom. The van der Waals surface area contributed by atoms with Crippen molar-refractivity contribution in [3.63, 3.8) is 0 Å². The first-order chi connectivity index (χ1) is 13.8. The first-order valence-electron chi connectivity index (χ1n) is 9.16. The number of nitrogens with zero attached hydrogens (tertiary/aromatic N) is 1. The molecule has 2 rings (SSSR count). The molecule has 0 saturated heterocycles. The predicted molar refractivity (Wildman–Crippen MR) is 111 cm³/mol. The fourth-order valence-corrected chi connectivity index (χ4v) is 2.46. The Morgan fingerprint density at radius 1 is 1.10 bits per heavy atom. The molecule has 0 aliphatic carbocycles. The molecule has 0 aliphatic rings. The number of likely N-dealkylation sites (N-methyl/N-ethyl adjacent to an activating group) is 1. The van der Waals surface area contributed by atoms with Crippen LogP contribution in [0.2, 0.25) is 0 Å². The van der Waals surface area contributed by atoms with Gasteiger partial charge in [-0.05, 0) is 38.1 Å². The number of ketones is 1. The van der Waals surface area contributed by atoms with Crippen LogP contribution in [0.1, 0.15) is 29.8 Å². The maximum Gasteiger partial charge on any atom is 0.269 e. The summed E-state index contributed by atoms with van der Waals surface area (Å²) in [6, 6.07) is 15.0. The van der Waals surface area contributed by atoms with Crippen molar-refractivity contribution >= 4 is 17.4 Å². The van der Waals surface area contributed by atoms with Crippen molar-refractivity contribution < 1.29 is 19.6 Å². The smallest absolute Gasteiger partial charge is 0.269 e. The number of aliphatic hydroxyl groups is 1. The zero-order valence-electron chi connectivity index (χ0n) is 16.8. The number of hydrogen-bond acceptors (Lipinski definition) is 6. The number of nitro groups is 1. The van der Waals surface area contributed by atoms with E-state index in [-0.39, 0.29) is 11.3 Å². The van der Waals surface area contributed by atoms with Gasteiger partial charge >= 0.3 is 0 Å². The van der Waals surface area contributed by atoms with Crippen LogP contribution in [0.15, 0.2) is 54.6 Å². The third-order valence-electron chi connectivity index (χ3n) is 4.12. The lowest BCUT2D eigenvalue weighted by Crippen LogP contribution is -2.42. The van der Waals surface area contributed by atoms with Gasteiger partial charge in [0.05, 0.1) is 11.5 Å². The molecule has 8 nitrogen and oxygen atoms in total. The molecule has 156 valence electrons. The van der Waals surface area contributed by atoms with Crippen LogP contribution in [-0.2, 0) is 11.2 Å². The van der Waals surface area contributed by atoms with Crippen molar-refractivity contribution in [2.45, 2.75) is 32.4 Å². The van der Waals surface area contributed by atoms with Crippen molar-refractivity contribution in [2.24, 2.45) is 0 Å². The Kier molecular flexibility index (Phi) is 10.2. The zero-order chi connectivity index (χ0) is 21.8. The molecule has 1 amide bonds. The number of nitro benzene ring substituents is 1. The fourth-order valence-electron chi connectivity index (χ4n) is 2.46. The quantitative estimate of drug-likeness (QED) is 0.354. The van der Waals surface area contributed by atoms with Crippen LogP contribution in [-0.4, -0.2) is 47.5 Å². The Morgan fingerprint density at radius 2 is 1.69 bits per heavy atom. The van der Waals surface area contributed by atoms with Crippen LogP contribution >= 0.6 is 0 Å². The zero-order valence-corrected chi connectivity index (χ0v) is 16.8. The predicted octanol–water partition coefficient (Wildman–Crippen LogP) is 2.11. The number of hydrogen-bond donors (Lipinski definition) is 3. The number of benzene rings is 2. The van der Waals surface area contributed by atoms with Crippen molar-refractivity contribution in [3.05, 3.63) is 75.8 Å². The Bertz CT molecular complexity index is 794. The van der Waals surface area contributed by atoms with E-state index in [1.165, 1.54) is 36.8 Å². The summed E-state index contributed by atoms with van der Waals surface area (Å²) in [5.41, 5.74) is 1.45. The molecular weight excluding hydrogens is 374 g/mol. The van der Waals surface area contributed by atoms with Gasteiger partial charge in [0.2, 0.25) is 5.91 Å². The number of non-ortho nitro benzene ring substituents is 1. The van der Waals surface area contributed by atoms with Crippen LogP contribution < -0.4 is 10.6 Å². The molecule has 2 aromatic rings. The standard InChI is InChI=1S/C11H12N2O5.C10H15N/c1-7(15)12-10(6-14)11(16)8-2-4-9(5-3-8)13(17)18;1-9(11-2)8-10-6-4-3-5-7-10/h2-5,10,14H,6H2,1H3,(H,12,15);3-7,9,11H,8H2,1-2H3/t;9-/m.0/s1. The highest BCUT2D eigenvalue weighted by molar-refractivity contribution is 6.02. The van der Waals surface area contributed by atoms with Gasteiger partial charge in [0.15, 0.2) is 5.78 Å². The lowest BCUT2D eigenvalue weighted by molar-refractivity contribution is -0.384. The summed E-state index contributed by atoms with van der Waals surface area (Å²) >= 11 is 0. The number of amides is 1. The lowest BCUT2D eigenvalue weighted by Gasteiger charge is -2.13. The summed E-state index contributed by atoms with van der Waals surface area (Å²) in [5.74, 6) is -0.938. The van der Waals surface area contributed by atoms with E-state index in [2.05, 4.69) is 41.8 Å². The number of rotatable bonds is 8. The molecule has 0 aliphatic heterocycles. The molecule has 1 unspecified atom stereocenters. The fraction of sp³-hybridized carbons (Fsp3) is 0.333. The van der Waals surface area contributed by atoms with Crippen molar-refractivity contribution in [1.29, 1.82) is 0 Å². The topological polar surface area (TPSA) is 122 Å². The molecule has 3 N–H and O–H groups in total. The van der Waals surface area contributed by atoms with Gasteiger partial charge in [-0.1, -0.05) is 30.3 Å². The first-order valence-corrected chi connectivity index (χ1v) is 9.16. The summed E-state index contributed by atoms with van der Waals surface area (Å²) in [6.45, 7) is 2.88. The average Bonchev–Trinajstić information content (AvgIpc) is 2.72. The minimum Gasteiger partial charge on any atom is -0.394 e. The van der Waals surface area contributed by atoms with E-state index in [9.17, 15) is 19.7 Å². The van der Waals surface area contributed by atoms with Crippen LogP contribution in [0.4, 0.5) is 5.69 Å². The monoisotopic (exact) mass is 401 g/mol. The van der Waals surface area contributed by atoms with E-state index in [0.717, 1.165) is 6.42 Å². The second-order valence-electron chi connectivity index (χ2n) is 6.48. The van der Waals surface area contributed by atoms with E-state index >= 15 is 0 Å². The van der Waals surface area contributed by atoms with Gasteiger partial charge in [-0.15, -0.1) is 0 Å². The largest absolute Gasteiger partial charge is 0.394 e. The van der Waals surface area contributed by atoms with Crippen molar-refractivity contribution in [1.82, 2.24) is 10.6 Å². The second-order valence-corrected chi connectivity index (χ2v) is 6.48. The summed E-state index contributed by atoms with van der Waals surface area (Å²) in [4.78, 5) is 32.5. The lowest BCUT2D eigenvalue weighted by atomic mass is 10.0. The van der Waals surface area contributed by atoms with Gasteiger partial charge in [0.1, 0.15) is 6.04 Å². The molecule has 29 heavy (non-hydrogen) atoms. The molecule has 8 heteroatoms. The van der Waals surface area contributed by atoms with E-state index in [4.69, 9.17) is 5.11 Å². The summed E-state index contributed by atoms with van der Waals surface area (Å²) in [5, 5.41) is 25.0. The summed E-state index contributed by atoms with van der Waals surface area (Å²) in [7, 11) is 1.99. The highest BCUT2D eigenvalue weighted by Crippen LogP contribution is 2.13. The average molecular weight is 401 g/mol. The van der Waals surface area contributed by atoms with Gasteiger partial charge in [0, 0.05) is 30.7 Å². The first kappa shape index (κ1) is 23.9. The molecule has 0 bridgehead atoms. The molecule has 2 atom stereocenters. The van der Waals surface area contributed by atoms with Gasteiger partial charge in [0.25, 0.3) is 5.69 Å². The van der Waals surface area contributed by atoms with Crippen LogP contribution in [0.25, 0.3) is 0 Å². The minimum atomic E-state index is -1.04. The number of aliphatic hydroxyl groups excluding tert-OH is 1. The highest BCUT2D eigenvalue weighted by atomic mass is 16.6. The molecule has 2 aromatic carbocycles. The Labute approximate surface area is 170 Å². The van der Waals surface area contributed by atoms with Gasteiger partial charge < -0.3 is 15.7 Å². The van der Waals surface area contributed by atoms with E-state index in [1.54, 1.807) is 0 Å². The molecule has 0 saturated carbocycles. The number of Topliss-reactive ketones (excluding diaryl/α,β-unsaturated/α-hetero) is 1. The van der Waals surface area contributed by atoms with E-state index < -0.39 is 29.3 Å². The van der Waals surface area contributed by atoms with E-state index in [1.807, 2.05) is 13.1 Å². The maximum atomic E-state index is 11.8.